The topological polar surface area (TPSA) is 67.2 Å². The lowest BCUT2D eigenvalue weighted by Crippen LogP contribution is -2.34. The van der Waals surface area contributed by atoms with Crippen LogP contribution < -0.4 is 10.6 Å². The van der Waals surface area contributed by atoms with Gasteiger partial charge in [0, 0.05) is 15.7 Å². The first kappa shape index (κ1) is 20.3. The summed E-state index contributed by atoms with van der Waals surface area (Å²) in [6, 6.07) is 18.7. The highest BCUT2D eigenvalue weighted by Gasteiger charge is 2.12. The van der Waals surface area contributed by atoms with Crippen molar-refractivity contribution in [2.75, 3.05) is 5.32 Å². The Kier molecular flexibility index (Phi) is 5.65. The third kappa shape index (κ3) is 4.27. The molecule has 0 spiro atoms. The Morgan fingerprint density at radius 3 is 2.47 bits per heavy atom. The first-order chi connectivity index (χ1) is 14.4. The molecule has 150 valence electrons. The van der Waals surface area contributed by atoms with Crippen LogP contribution in [0.25, 0.3) is 22.6 Å². The average Bonchev–Trinajstić information content (AvgIpc) is 3.11. The summed E-state index contributed by atoms with van der Waals surface area (Å²) >= 11 is 8.63. The highest BCUT2D eigenvalue weighted by molar-refractivity contribution is 9.10. The maximum Gasteiger partial charge on any atom is 0.258 e. The largest absolute Gasteiger partial charge is 0.436 e. The van der Waals surface area contributed by atoms with E-state index < -0.39 is 0 Å². The lowest BCUT2D eigenvalue weighted by molar-refractivity contribution is 0.0977. The molecule has 1 aromatic heterocycles. The van der Waals surface area contributed by atoms with Crippen LogP contribution >= 0.6 is 28.1 Å². The lowest BCUT2D eigenvalue weighted by Gasteiger charge is -2.10. The van der Waals surface area contributed by atoms with E-state index in [-0.39, 0.29) is 11.0 Å². The van der Waals surface area contributed by atoms with E-state index >= 15 is 0 Å². The van der Waals surface area contributed by atoms with Crippen molar-refractivity contribution in [1.82, 2.24) is 10.3 Å². The van der Waals surface area contributed by atoms with Crippen molar-refractivity contribution in [1.29, 1.82) is 0 Å². The van der Waals surface area contributed by atoms with Gasteiger partial charge < -0.3 is 9.73 Å². The average molecular weight is 480 g/mol. The molecule has 30 heavy (non-hydrogen) atoms. The van der Waals surface area contributed by atoms with Crippen LogP contribution in [0.5, 0.6) is 0 Å². The van der Waals surface area contributed by atoms with Gasteiger partial charge >= 0.3 is 0 Å². The number of benzene rings is 3. The minimum atomic E-state index is -0.284. The number of aryl methyl sites for hydroxylation is 2. The van der Waals surface area contributed by atoms with Gasteiger partial charge in [-0.1, -0.05) is 12.1 Å². The van der Waals surface area contributed by atoms with E-state index in [4.69, 9.17) is 16.6 Å². The van der Waals surface area contributed by atoms with E-state index in [9.17, 15) is 4.79 Å². The molecule has 1 heterocycles. The molecule has 0 saturated heterocycles. The summed E-state index contributed by atoms with van der Waals surface area (Å²) < 4.78 is 6.61. The van der Waals surface area contributed by atoms with Crippen molar-refractivity contribution < 1.29 is 9.21 Å². The summed E-state index contributed by atoms with van der Waals surface area (Å²) in [5, 5.41) is 5.91. The van der Waals surface area contributed by atoms with Crippen molar-refractivity contribution in [3.05, 3.63) is 81.8 Å². The van der Waals surface area contributed by atoms with Crippen LogP contribution in [0.4, 0.5) is 5.69 Å². The monoisotopic (exact) mass is 479 g/mol. The minimum absolute atomic E-state index is 0.219. The molecule has 0 bridgehead atoms. The molecular formula is C23H18BrN3O2S. The van der Waals surface area contributed by atoms with Gasteiger partial charge in [0.1, 0.15) is 5.52 Å². The summed E-state index contributed by atoms with van der Waals surface area (Å²) in [7, 11) is 0. The van der Waals surface area contributed by atoms with E-state index in [0.717, 1.165) is 22.4 Å². The molecule has 0 atom stereocenters. The van der Waals surface area contributed by atoms with Gasteiger partial charge in [0.2, 0.25) is 5.89 Å². The number of nitrogens with one attached hydrogen (secondary N) is 2. The Labute approximate surface area is 187 Å². The quantitative estimate of drug-likeness (QED) is 0.352. The van der Waals surface area contributed by atoms with Crippen LogP contribution in [0.2, 0.25) is 0 Å². The van der Waals surface area contributed by atoms with Crippen molar-refractivity contribution >= 4 is 56.0 Å². The highest BCUT2D eigenvalue weighted by Crippen LogP contribution is 2.27. The summed E-state index contributed by atoms with van der Waals surface area (Å²) in [6.45, 7) is 4.11. The number of hydrogen-bond donors (Lipinski definition) is 2. The van der Waals surface area contributed by atoms with Crippen molar-refractivity contribution in [2.24, 2.45) is 0 Å². The first-order valence-corrected chi connectivity index (χ1v) is 10.5. The first-order valence-electron chi connectivity index (χ1n) is 9.26. The number of fused-ring (bicyclic) bond motifs is 1. The van der Waals surface area contributed by atoms with Gasteiger partial charge in [-0.3, -0.25) is 10.1 Å². The molecule has 4 rings (SSSR count). The smallest absolute Gasteiger partial charge is 0.258 e. The molecule has 0 fully saturated rings. The Bertz CT molecular complexity index is 1230. The second-order valence-corrected chi connectivity index (χ2v) is 8.15. The lowest BCUT2D eigenvalue weighted by atomic mass is 10.1. The third-order valence-corrected chi connectivity index (χ3v) is 5.63. The second-order valence-electron chi connectivity index (χ2n) is 6.89. The Morgan fingerprint density at radius 1 is 1.03 bits per heavy atom. The molecular weight excluding hydrogens is 462 g/mol. The Balaban J connectivity index is 1.45. The van der Waals surface area contributed by atoms with E-state index in [1.807, 2.05) is 42.5 Å². The zero-order valence-electron chi connectivity index (χ0n) is 16.3. The van der Waals surface area contributed by atoms with Crippen LogP contribution in [-0.2, 0) is 0 Å². The van der Waals surface area contributed by atoms with Crippen LogP contribution in [0.1, 0.15) is 21.5 Å². The fourth-order valence-electron chi connectivity index (χ4n) is 2.98. The molecule has 0 aliphatic carbocycles. The van der Waals surface area contributed by atoms with Gasteiger partial charge in [0.25, 0.3) is 5.91 Å². The number of halogens is 1. The number of rotatable bonds is 3. The molecule has 7 heteroatoms. The van der Waals surface area contributed by atoms with Crippen LogP contribution in [0.15, 0.2) is 69.6 Å². The molecule has 0 radical (unpaired) electrons. The van der Waals surface area contributed by atoms with E-state index in [1.165, 1.54) is 11.1 Å². The fourth-order valence-corrected chi connectivity index (χ4v) is 3.65. The molecule has 0 saturated carbocycles. The molecule has 0 unspecified atom stereocenters. The number of aromatic nitrogens is 1. The second kappa shape index (κ2) is 8.38. The van der Waals surface area contributed by atoms with Crippen molar-refractivity contribution in [3.8, 4) is 11.5 Å². The third-order valence-electron chi connectivity index (χ3n) is 4.74. The number of amides is 1. The fraction of sp³-hybridized carbons (Fsp3) is 0.0870. The number of oxazole rings is 1. The summed E-state index contributed by atoms with van der Waals surface area (Å²) in [4.78, 5) is 16.9. The van der Waals surface area contributed by atoms with Crippen LogP contribution in [0, 0.1) is 13.8 Å². The number of nitrogens with zero attached hydrogens (tertiary/aromatic N) is 1. The molecule has 1 amide bonds. The van der Waals surface area contributed by atoms with Gasteiger partial charge in [-0.15, -0.1) is 0 Å². The maximum atomic E-state index is 12.3. The predicted octanol–water partition coefficient (Wildman–Crippen LogP) is 6.00. The summed E-state index contributed by atoms with van der Waals surface area (Å²) in [5.41, 5.74) is 6.08. The molecule has 3 aromatic carbocycles. The van der Waals surface area contributed by atoms with E-state index in [1.54, 1.807) is 18.2 Å². The standard InChI is InChI=1S/C23H18BrN3O2S/c1-13-11-19-20(12-14(13)2)29-22(26-19)15-7-9-16(10-8-15)25-23(30)27-21(28)17-5-3-4-6-18(17)24/h3-12H,1-2H3,(H2,25,27,28,30). The maximum absolute atomic E-state index is 12.3. The minimum Gasteiger partial charge on any atom is -0.436 e. The molecule has 0 aliphatic rings. The normalized spacial score (nSPS) is 10.8. The van der Waals surface area contributed by atoms with Crippen molar-refractivity contribution in [3.63, 3.8) is 0 Å². The molecule has 0 aliphatic heterocycles. The highest BCUT2D eigenvalue weighted by atomic mass is 79.9. The summed E-state index contributed by atoms with van der Waals surface area (Å²) in [5.74, 6) is 0.278. The van der Waals surface area contributed by atoms with E-state index in [2.05, 4.69) is 45.4 Å². The number of carbonyl (C=O) groups excluding carboxylic acids is 1. The molecule has 4 aromatic rings. The number of hydrogen-bond acceptors (Lipinski definition) is 4. The summed E-state index contributed by atoms with van der Waals surface area (Å²) in [6.07, 6.45) is 0. The van der Waals surface area contributed by atoms with Gasteiger partial charge in [-0.05, 0) is 102 Å². The predicted molar refractivity (Wildman–Crippen MR) is 127 cm³/mol. The SMILES string of the molecule is Cc1cc2nc(-c3ccc(NC(=S)NC(=O)c4ccccc4Br)cc3)oc2cc1C. The van der Waals surface area contributed by atoms with Crippen LogP contribution in [-0.4, -0.2) is 16.0 Å². The Morgan fingerprint density at radius 2 is 1.73 bits per heavy atom. The number of carbonyl (C=O) groups is 1. The zero-order chi connectivity index (χ0) is 21.3. The van der Waals surface area contributed by atoms with E-state index in [0.29, 0.717) is 15.9 Å². The number of anilines is 1. The van der Waals surface area contributed by atoms with Gasteiger partial charge in [0.15, 0.2) is 10.7 Å². The van der Waals surface area contributed by atoms with Gasteiger partial charge in [-0.2, -0.15) is 0 Å². The molecule has 5 nitrogen and oxygen atoms in total. The molecule has 2 N–H and O–H groups in total. The number of thiocarbonyl (C=S) groups is 1. The Hall–Kier alpha value is -3.03. The van der Waals surface area contributed by atoms with Gasteiger partial charge in [0.05, 0.1) is 5.56 Å². The van der Waals surface area contributed by atoms with Crippen molar-refractivity contribution in [2.45, 2.75) is 13.8 Å². The van der Waals surface area contributed by atoms with Gasteiger partial charge in [-0.25, -0.2) is 4.98 Å². The van der Waals surface area contributed by atoms with Crippen LogP contribution in [0.3, 0.4) is 0 Å². The zero-order valence-corrected chi connectivity index (χ0v) is 18.7.